The molecule has 0 saturated carbocycles. The predicted molar refractivity (Wildman–Crippen MR) is 93.7 cm³/mol. The first-order chi connectivity index (χ1) is 9.97. The first kappa shape index (κ1) is 14.4. The molecule has 0 N–H and O–H groups in total. The van der Waals surface area contributed by atoms with Crippen LogP contribution in [0.5, 0.6) is 0 Å². The summed E-state index contributed by atoms with van der Waals surface area (Å²) < 4.78 is 5.17. The molecule has 0 spiro atoms. The van der Waals surface area contributed by atoms with Crippen molar-refractivity contribution in [2.45, 2.75) is 6.92 Å². The molecular weight excluding hydrogens is 323 g/mol. The van der Waals surface area contributed by atoms with Crippen LogP contribution in [0.3, 0.4) is 0 Å². The minimum atomic E-state index is 0.377. The minimum absolute atomic E-state index is 0.377. The monoisotopic (exact) mass is 345 g/mol. The molecule has 0 amide bonds. The van der Waals surface area contributed by atoms with Gasteiger partial charge in [-0.2, -0.15) is 0 Å². The third kappa shape index (κ3) is 2.52. The maximum absolute atomic E-state index is 2.35. The van der Waals surface area contributed by atoms with E-state index in [9.17, 15) is 0 Å². The van der Waals surface area contributed by atoms with Crippen molar-refractivity contribution >= 4 is 29.8 Å². The Kier molecular flexibility index (Phi) is 3.64. The molecule has 0 atom stereocenters. The van der Waals surface area contributed by atoms with Gasteiger partial charge in [-0.25, -0.2) is 0 Å². The summed E-state index contributed by atoms with van der Waals surface area (Å²) >= 11 is 0.377. The molecule has 3 rings (SSSR count). The molecule has 0 aromatic heterocycles. The normalized spacial score (nSPS) is 11.1. The van der Waals surface area contributed by atoms with E-state index in [0.717, 1.165) is 0 Å². The third-order valence-electron chi connectivity index (χ3n) is 3.99. The van der Waals surface area contributed by atoms with E-state index >= 15 is 0 Å². The summed E-state index contributed by atoms with van der Waals surface area (Å²) in [6.45, 7) is 2.25. The number of anilines is 1. The second-order valence-corrected chi connectivity index (χ2v) is 8.15. The van der Waals surface area contributed by atoms with E-state index in [4.69, 9.17) is 0 Å². The quantitative estimate of drug-likeness (QED) is 0.373. The van der Waals surface area contributed by atoms with Crippen LogP contribution in [0, 0.1) is 6.92 Å². The van der Waals surface area contributed by atoms with E-state index in [0.29, 0.717) is 14.5 Å². The average Bonchev–Trinajstić information content (AvgIpc) is 2.46. The van der Waals surface area contributed by atoms with Gasteiger partial charge in [0.2, 0.25) is 0 Å². The van der Waals surface area contributed by atoms with Gasteiger partial charge in [-0.15, -0.1) is 0 Å². The summed E-state index contributed by atoms with van der Waals surface area (Å²) in [5.41, 5.74) is 4.12. The number of aryl methyl sites for hydroxylation is 1. The summed E-state index contributed by atoms with van der Waals surface area (Å²) in [4.78, 5) is 2.18. The fraction of sp³-hybridized carbons (Fsp3) is 0.278. The summed E-state index contributed by atoms with van der Waals surface area (Å²) in [6.07, 6.45) is 0. The van der Waals surface area contributed by atoms with Crippen LogP contribution in [0.25, 0.3) is 19.6 Å². The fourth-order valence-electron chi connectivity index (χ4n) is 2.63. The first-order valence-corrected chi connectivity index (χ1v) is 8.83. The Morgan fingerprint density at radius 1 is 1.00 bits per heavy atom. The summed E-state index contributed by atoms with van der Waals surface area (Å²) in [5.74, 6) is 0. The van der Waals surface area contributed by atoms with Gasteiger partial charge in [-0.05, 0) is 0 Å². The van der Waals surface area contributed by atoms with Crippen molar-refractivity contribution in [2.24, 2.45) is 0 Å². The van der Waals surface area contributed by atoms with Crippen molar-refractivity contribution in [2.75, 3.05) is 33.1 Å². The number of nitrogens with zero attached hydrogens (tertiary/aromatic N) is 2. The zero-order chi connectivity index (χ0) is 15.1. The Hall–Kier alpha value is -1.57. The van der Waals surface area contributed by atoms with E-state index in [1.165, 1.54) is 36.3 Å². The second kappa shape index (κ2) is 5.32. The maximum atomic E-state index is 2.35. The molecule has 21 heavy (non-hydrogen) atoms. The van der Waals surface area contributed by atoms with Crippen LogP contribution >= 0.6 is 0 Å². The van der Waals surface area contributed by atoms with Crippen molar-refractivity contribution < 1.29 is 0 Å². The van der Waals surface area contributed by atoms with Crippen molar-refractivity contribution in [1.29, 1.82) is 0 Å². The summed E-state index contributed by atoms with van der Waals surface area (Å²) in [5, 5.41) is 2.71. The first-order valence-electron chi connectivity index (χ1n) is 7.12. The number of benzene rings is 2. The Morgan fingerprint density at radius 3 is 2.43 bits per heavy atom. The van der Waals surface area contributed by atoms with Crippen molar-refractivity contribution in [3.05, 3.63) is 47.3 Å². The second-order valence-electron chi connectivity index (χ2n) is 5.88. The van der Waals surface area contributed by atoms with Crippen LogP contribution in [-0.4, -0.2) is 42.7 Å². The van der Waals surface area contributed by atoms with Crippen LogP contribution in [-0.2, 0) is 0 Å². The fourth-order valence-corrected chi connectivity index (χ4v) is 5.27. The Labute approximate surface area is 132 Å². The molecule has 1 aromatic rings. The van der Waals surface area contributed by atoms with Crippen LogP contribution in [0.1, 0.15) is 5.56 Å². The molecule has 108 valence electrons. The van der Waals surface area contributed by atoms with Gasteiger partial charge >= 0.3 is 132 Å². The van der Waals surface area contributed by atoms with Crippen LogP contribution < -0.4 is 14.8 Å². The number of rotatable bonds is 1. The van der Waals surface area contributed by atoms with Crippen molar-refractivity contribution in [3.8, 4) is 10.0 Å². The van der Waals surface area contributed by atoms with Gasteiger partial charge in [0, 0.05) is 0 Å². The van der Waals surface area contributed by atoms with Gasteiger partial charge in [0.25, 0.3) is 0 Å². The zero-order valence-electron chi connectivity index (χ0n) is 13.3. The average molecular weight is 344 g/mol. The summed E-state index contributed by atoms with van der Waals surface area (Å²) in [7, 11) is 8.41. The number of hydrogen-bond acceptors (Lipinski definition) is 1. The van der Waals surface area contributed by atoms with Gasteiger partial charge in [-0.3, -0.25) is 0 Å². The van der Waals surface area contributed by atoms with Gasteiger partial charge in [0.15, 0.2) is 0 Å². The van der Waals surface area contributed by atoms with E-state index in [1.807, 2.05) is 0 Å². The third-order valence-corrected chi connectivity index (χ3v) is 6.33. The van der Waals surface area contributed by atoms with Gasteiger partial charge in [0.1, 0.15) is 0 Å². The van der Waals surface area contributed by atoms with Gasteiger partial charge in [-0.1, -0.05) is 0 Å². The molecule has 2 aliphatic rings. The number of fused-ring (bicyclic) bond motifs is 2. The van der Waals surface area contributed by atoms with Crippen LogP contribution in [0.15, 0.2) is 36.4 Å². The van der Waals surface area contributed by atoms with Gasteiger partial charge < -0.3 is 0 Å². The molecule has 1 aliphatic carbocycles. The van der Waals surface area contributed by atoms with E-state index in [-0.39, 0.29) is 0 Å². The molecule has 1 aromatic carbocycles. The molecule has 1 heterocycles. The molecule has 0 fully saturated rings. The van der Waals surface area contributed by atoms with E-state index < -0.39 is 0 Å². The van der Waals surface area contributed by atoms with Crippen molar-refractivity contribution in [1.82, 2.24) is 4.58 Å². The van der Waals surface area contributed by atoms with E-state index in [2.05, 4.69) is 81.0 Å². The molecule has 0 radical (unpaired) electrons. The molecular formula is C18H21N2Se+. The van der Waals surface area contributed by atoms with Crippen LogP contribution in [0.2, 0.25) is 0 Å². The Morgan fingerprint density at radius 2 is 1.76 bits per heavy atom. The summed E-state index contributed by atoms with van der Waals surface area (Å²) in [6, 6.07) is 13.7. The predicted octanol–water partition coefficient (Wildman–Crippen LogP) is 2.41. The molecule has 2 nitrogen and oxygen atoms in total. The van der Waals surface area contributed by atoms with E-state index in [1.54, 1.807) is 0 Å². The standard InChI is InChI=1S/C18H21N2Se/c1-12-15-8-6-13(19(2)3)10-17(15)21-18-11-14(20(4)5)7-9-16(12)18/h6-11H,1-5H3/q+1. The molecule has 0 saturated heterocycles. The zero-order valence-corrected chi connectivity index (χ0v) is 15.0. The Balaban J connectivity index is 2.39. The van der Waals surface area contributed by atoms with Crippen molar-refractivity contribution in [3.63, 3.8) is 0 Å². The topological polar surface area (TPSA) is 6.25 Å². The number of hydrogen-bond donors (Lipinski definition) is 0. The molecule has 3 heteroatoms. The molecule has 1 aliphatic heterocycles. The molecule has 0 unspecified atom stereocenters. The SMILES string of the molecule is Cc1c2ccc(=[N+](C)C)cc-2[se]c2cc(N(C)C)ccc12. The van der Waals surface area contributed by atoms with Gasteiger partial charge in [0.05, 0.1) is 0 Å². The Bertz CT molecular complexity index is 855. The molecule has 0 bridgehead atoms. The van der Waals surface area contributed by atoms with Crippen LogP contribution in [0.4, 0.5) is 5.69 Å².